The second-order valence-corrected chi connectivity index (χ2v) is 2.89. The first-order valence-electron chi connectivity index (χ1n) is 4.44. The maximum Gasteiger partial charge on any atom is 0.275 e. The van der Waals surface area contributed by atoms with Crippen molar-refractivity contribution in [1.29, 1.82) is 0 Å². The minimum atomic E-state index is -0.462. The van der Waals surface area contributed by atoms with Gasteiger partial charge in [-0.1, -0.05) is 0 Å². The van der Waals surface area contributed by atoms with Crippen molar-refractivity contribution in [3.63, 3.8) is 0 Å². The third-order valence-electron chi connectivity index (χ3n) is 1.81. The van der Waals surface area contributed by atoms with E-state index in [1.54, 1.807) is 6.07 Å². The van der Waals surface area contributed by atoms with Crippen LogP contribution in [0.15, 0.2) is 18.2 Å². The Hall–Kier alpha value is -1.82. The van der Waals surface area contributed by atoms with E-state index in [1.807, 2.05) is 0 Å². The van der Waals surface area contributed by atoms with Crippen molar-refractivity contribution < 1.29 is 9.66 Å². The van der Waals surface area contributed by atoms with Crippen LogP contribution in [-0.2, 0) is 0 Å². The number of nitrogens with zero attached hydrogens (tertiary/aromatic N) is 1. The largest absolute Gasteiger partial charge is 0.496 e. The summed E-state index contributed by atoms with van der Waals surface area (Å²) >= 11 is 0. The Labute approximate surface area is 87.2 Å². The van der Waals surface area contributed by atoms with E-state index in [2.05, 4.69) is 5.32 Å². The fraction of sp³-hybridized carbons (Fsp3) is 0.333. The minimum Gasteiger partial charge on any atom is -0.496 e. The molecule has 0 fully saturated rings. The molecule has 1 aromatic rings. The molecule has 0 aliphatic carbocycles. The molecule has 0 bridgehead atoms. The van der Waals surface area contributed by atoms with Crippen LogP contribution in [0.1, 0.15) is 0 Å². The van der Waals surface area contributed by atoms with E-state index in [9.17, 15) is 10.1 Å². The van der Waals surface area contributed by atoms with Crippen LogP contribution in [0.5, 0.6) is 5.75 Å². The fourth-order valence-corrected chi connectivity index (χ4v) is 1.13. The Morgan fingerprint density at radius 2 is 2.27 bits per heavy atom. The van der Waals surface area contributed by atoms with Crippen molar-refractivity contribution in [2.24, 2.45) is 5.73 Å². The molecule has 3 N–H and O–H groups in total. The summed E-state index contributed by atoms with van der Waals surface area (Å²) in [5.41, 5.74) is 5.94. The van der Waals surface area contributed by atoms with Gasteiger partial charge in [0.2, 0.25) is 0 Å². The van der Waals surface area contributed by atoms with E-state index in [4.69, 9.17) is 10.5 Å². The van der Waals surface area contributed by atoms with Gasteiger partial charge in [0.25, 0.3) is 5.69 Å². The lowest BCUT2D eigenvalue weighted by atomic mass is 10.2. The van der Waals surface area contributed by atoms with Gasteiger partial charge in [0.15, 0.2) is 0 Å². The van der Waals surface area contributed by atoms with Crippen LogP contribution in [0.3, 0.4) is 0 Å². The average Bonchev–Trinajstić information content (AvgIpc) is 2.25. The third kappa shape index (κ3) is 3.10. The summed E-state index contributed by atoms with van der Waals surface area (Å²) < 4.78 is 4.95. The molecule has 0 aliphatic heterocycles. The van der Waals surface area contributed by atoms with Gasteiger partial charge in [0, 0.05) is 30.9 Å². The minimum absolute atomic E-state index is 0.00567. The zero-order chi connectivity index (χ0) is 11.3. The molecule has 82 valence electrons. The molecule has 0 radical (unpaired) electrons. The molecule has 0 saturated carbocycles. The quantitative estimate of drug-likeness (QED) is 0.559. The van der Waals surface area contributed by atoms with E-state index >= 15 is 0 Å². The monoisotopic (exact) mass is 211 g/mol. The number of ether oxygens (including phenoxy) is 1. The number of nitro benzene ring substituents is 1. The van der Waals surface area contributed by atoms with Crippen LogP contribution in [0.25, 0.3) is 0 Å². The van der Waals surface area contributed by atoms with E-state index in [0.29, 0.717) is 24.5 Å². The van der Waals surface area contributed by atoms with Gasteiger partial charge in [-0.2, -0.15) is 0 Å². The fourth-order valence-electron chi connectivity index (χ4n) is 1.13. The zero-order valence-corrected chi connectivity index (χ0v) is 8.40. The molecule has 6 heteroatoms. The highest BCUT2D eigenvalue weighted by Crippen LogP contribution is 2.25. The standard InChI is InChI=1S/C9H13N3O3/c1-15-9-5-7(11-3-2-10)4-8(6-9)12(13)14/h4-6,11H,2-3,10H2,1H3. The third-order valence-corrected chi connectivity index (χ3v) is 1.81. The van der Waals surface area contributed by atoms with Crippen LogP contribution >= 0.6 is 0 Å². The molecule has 6 nitrogen and oxygen atoms in total. The number of methoxy groups -OCH3 is 1. The molecule has 1 rings (SSSR count). The van der Waals surface area contributed by atoms with Gasteiger partial charge in [0.1, 0.15) is 5.75 Å². The molecule has 15 heavy (non-hydrogen) atoms. The Morgan fingerprint density at radius 1 is 1.53 bits per heavy atom. The molecule has 1 aromatic carbocycles. The van der Waals surface area contributed by atoms with Gasteiger partial charge in [-0.25, -0.2) is 0 Å². The average molecular weight is 211 g/mol. The van der Waals surface area contributed by atoms with Gasteiger partial charge >= 0.3 is 0 Å². The summed E-state index contributed by atoms with van der Waals surface area (Å²) in [6, 6.07) is 4.49. The smallest absolute Gasteiger partial charge is 0.275 e. The number of anilines is 1. The summed E-state index contributed by atoms with van der Waals surface area (Å²) in [6.45, 7) is 1.02. The summed E-state index contributed by atoms with van der Waals surface area (Å²) in [4.78, 5) is 10.1. The van der Waals surface area contributed by atoms with Gasteiger partial charge in [-0.05, 0) is 0 Å². The number of nitrogens with one attached hydrogen (secondary N) is 1. The van der Waals surface area contributed by atoms with E-state index in [0.717, 1.165) is 0 Å². The topological polar surface area (TPSA) is 90.4 Å². The maximum absolute atomic E-state index is 10.6. The number of hydrogen-bond donors (Lipinski definition) is 2. The van der Waals surface area contributed by atoms with E-state index in [1.165, 1.54) is 19.2 Å². The highest BCUT2D eigenvalue weighted by atomic mass is 16.6. The number of non-ortho nitro benzene ring substituents is 1. The molecule has 0 atom stereocenters. The SMILES string of the molecule is COc1cc(NCCN)cc([N+](=O)[O-])c1. The van der Waals surface area contributed by atoms with E-state index in [-0.39, 0.29) is 5.69 Å². The number of hydrogen-bond acceptors (Lipinski definition) is 5. The highest BCUT2D eigenvalue weighted by Gasteiger charge is 2.09. The Bertz CT molecular complexity index is 354. The summed E-state index contributed by atoms with van der Waals surface area (Å²) in [6.07, 6.45) is 0. The van der Waals surface area contributed by atoms with E-state index < -0.39 is 4.92 Å². The Morgan fingerprint density at radius 3 is 2.80 bits per heavy atom. The maximum atomic E-state index is 10.6. The van der Waals surface area contributed by atoms with Crippen LogP contribution < -0.4 is 15.8 Å². The first-order chi connectivity index (χ1) is 7.17. The first-order valence-corrected chi connectivity index (χ1v) is 4.44. The lowest BCUT2D eigenvalue weighted by Crippen LogP contribution is -2.13. The van der Waals surface area contributed by atoms with Gasteiger partial charge in [0.05, 0.1) is 18.1 Å². The molecule has 0 saturated heterocycles. The van der Waals surface area contributed by atoms with Crippen molar-refractivity contribution in [2.45, 2.75) is 0 Å². The molecule has 0 amide bonds. The van der Waals surface area contributed by atoms with Crippen molar-refractivity contribution in [3.05, 3.63) is 28.3 Å². The van der Waals surface area contributed by atoms with Crippen molar-refractivity contribution in [2.75, 3.05) is 25.5 Å². The second kappa shape index (κ2) is 5.16. The molecule has 0 aromatic heterocycles. The summed E-state index contributed by atoms with van der Waals surface area (Å²) in [5.74, 6) is 0.448. The Kier molecular flexibility index (Phi) is 3.87. The number of nitrogens with two attached hydrogens (primary N) is 1. The van der Waals surface area contributed by atoms with Crippen LogP contribution in [0, 0.1) is 10.1 Å². The lowest BCUT2D eigenvalue weighted by Gasteiger charge is -2.06. The number of benzene rings is 1. The second-order valence-electron chi connectivity index (χ2n) is 2.89. The van der Waals surface area contributed by atoms with Crippen molar-refractivity contribution in [1.82, 2.24) is 0 Å². The molecular formula is C9H13N3O3. The van der Waals surface area contributed by atoms with Crippen LogP contribution in [-0.4, -0.2) is 25.1 Å². The first kappa shape index (κ1) is 11.3. The number of rotatable bonds is 5. The summed E-state index contributed by atoms with van der Waals surface area (Å²) in [5, 5.41) is 13.5. The molecule has 0 spiro atoms. The van der Waals surface area contributed by atoms with Gasteiger partial charge in [-0.3, -0.25) is 10.1 Å². The van der Waals surface area contributed by atoms with Crippen LogP contribution in [0.4, 0.5) is 11.4 Å². The molecule has 0 heterocycles. The van der Waals surface area contributed by atoms with Gasteiger partial charge < -0.3 is 15.8 Å². The lowest BCUT2D eigenvalue weighted by molar-refractivity contribution is -0.384. The molecular weight excluding hydrogens is 198 g/mol. The van der Waals surface area contributed by atoms with Crippen molar-refractivity contribution >= 4 is 11.4 Å². The predicted molar refractivity (Wildman–Crippen MR) is 57.2 cm³/mol. The predicted octanol–water partition coefficient (Wildman–Crippen LogP) is 0.974. The summed E-state index contributed by atoms with van der Waals surface area (Å²) in [7, 11) is 1.46. The molecule has 0 aliphatic rings. The van der Waals surface area contributed by atoms with Crippen molar-refractivity contribution in [3.8, 4) is 5.75 Å². The Balaban J connectivity index is 2.95. The molecule has 0 unspecified atom stereocenters. The zero-order valence-electron chi connectivity index (χ0n) is 8.40. The van der Waals surface area contributed by atoms with Crippen LogP contribution in [0.2, 0.25) is 0 Å². The van der Waals surface area contributed by atoms with Gasteiger partial charge in [-0.15, -0.1) is 0 Å². The normalized spacial score (nSPS) is 9.73. The highest BCUT2D eigenvalue weighted by molar-refractivity contribution is 5.56. The number of nitro groups is 1.